The molecule has 0 radical (unpaired) electrons. The summed E-state index contributed by atoms with van der Waals surface area (Å²) in [7, 11) is -3.37. The predicted molar refractivity (Wildman–Crippen MR) is 69.7 cm³/mol. The highest BCUT2D eigenvalue weighted by atomic mass is 32.2. The standard InChI is InChI=1S/C13H18O4S/c1-3-4-5-8-18(16,17)11-7-6-10(2)12(9-11)13(14)15/h6-7,9H,3-5,8H2,1-2H3,(H,14,15). The maximum atomic E-state index is 12.0. The fourth-order valence-corrected chi connectivity index (χ4v) is 3.08. The molecule has 0 heterocycles. The smallest absolute Gasteiger partial charge is 0.335 e. The van der Waals surface area contributed by atoms with Crippen molar-refractivity contribution in [2.24, 2.45) is 0 Å². The van der Waals surface area contributed by atoms with Crippen molar-refractivity contribution in [1.29, 1.82) is 0 Å². The third-order valence-electron chi connectivity index (χ3n) is 2.82. The van der Waals surface area contributed by atoms with Crippen LogP contribution in [-0.2, 0) is 9.84 Å². The van der Waals surface area contributed by atoms with Gasteiger partial charge in [0.1, 0.15) is 0 Å². The molecule has 0 spiro atoms. The van der Waals surface area contributed by atoms with Gasteiger partial charge in [-0.3, -0.25) is 0 Å². The van der Waals surface area contributed by atoms with E-state index in [2.05, 4.69) is 0 Å². The molecule has 1 N–H and O–H groups in total. The Balaban J connectivity index is 3.02. The summed E-state index contributed by atoms with van der Waals surface area (Å²) in [5.41, 5.74) is 0.613. The SMILES string of the molecule is CCCCCS(=O)(=O)c1ccc(C)c(C(=O)O)c1. The zero-order valence-corrected chi connectivity index (χ0v) is 11.5. The number of unbranched alkanes of at least 4 members (excludes halogenated alkanes) is 2. The topological polar surface area (TPSA) is 71.4 Å². The van der Waals surface area contributed by atoms with E-state index in [1.54, 1.807) is 6.92 Å². The first-order chi connectivity index (χ1) is 8.38. The lowest BCUT2D eigenvalue weighted by Gasteiger charge is -2.07. The van der Waals surface area contributed by atoms with Gasteiger partial charge in [0, 0.05) is 0 Å². The van der Waals surface area contributed by atoms with Crippen LogP contribution in [0.4, 0.5) is 0 Å². The first-order valence-electron chi connectivity index (χ1n) is 5.95. The summed E-state index contributed by atoms with van der Waals surface area (Å²) >= 11 is 0. The quantitative estimate of drug-likeness (QED) is 0.807. The first-order valence-corrected chi connectivity index (χ1v) is 7.60. The molecule has 0 saturated carbocycles. The molecule has 0 saturated heterocycles. The summed E-state index contributed by atoms with van der Waals surface area (Å²) < 4.78 is 24.0. The lowest BCUT2D eigenvalue weighted by atomic mass is 10.1. The van der Waals surface area contributed by atoms with Crippen molar-refractivity contribution in [1.82, 2.24) is 0 Å². The lowest BCUT2D eigenvalue weighted by molar-refractivity contribution is 0.0696. The molecule has 1 aromatic rings. The molecule has 0 aliphatic carbocycles. The van der Waals surface area contributed by atoms with Crippen LogP contribution in [0.3, 0.4) is 0 Å². The van der Waals surface area contributed by atoms with Crippen LogP contribution in [-0.4, -0.2) is 25.2 Å². The van der Waals surface area contributed by atoms with Crippen molar-refractivity contribution in [3.05, 3.63) is 29.3 Å². The van der Waals surface area contributed by atoms with Gasteiger partial charge in [0.25, 0.3) is 0 Å². The molecular weight excluding hydrogens is 252 g/mol. The second-order valence-electron chi connectivity index (χ2n) is 4.31. The minimum absolute atomic E-state index is 0.0477. The number of hydrogen-bond acceptors (Lipinski definition) is 3. The van der Waals surface area contributed by atoms with Crippen molar-refractivity contribution in [2.45, 2.75) is 38.0 Å². The third kappa shape index (κ3) is 3.57. The molecule has 5 heteroatoms. The van der Waals surface area contributed by atoms with Gasteiger partial charge in [0.15, 0.2) is 9.84 Å². The maximum absolute atomic E-state index is 12.0. The van der Waals surface area contributed by atoms with Crippen molar-refractivity contribution < 1.29 is 18.3 Å². The second kappa shape index (κ2) is 6.00. The minimum Gasteiger partial charge on any atom is -0.478 e. The Labute approximate surface area is 108 Å². The highest BCUT2D eigenvalue weighted by Crippen LogP contribution is 2.18. The van der Waals surface area contributed by atoms with Crippen LogP contribution in [0.2, 0.25) is 0 Å². The van der Waals surface area contributed by atoms with Gasteiger partial charge < -0.3 is 5.11 Å². The molecule has 1 aromatic carbocycles. The molecule has 0 aliphatic heterocycles. The van der Waals surface area contributed by atoms with Crippen LogP contribution >= 0.6 is 0 Å². The summed E-state index contributed by atoms with van der Waals surface area (Å²) in [4.78, 5) is 11.1. The Hall–Kier alpha value is -1.36. The van der Waals surface area contributed by atoms with Crippen LogP contribution in [0, 0.1) is 6.92 Å². The average Bonchev–Trinajstić information content (AvgIpc) is 2.29. The molecule has 0 unspecified atom stereocenters. The third-order valence-corrected chi connectivity index (χ3v) is 4.61. The number of aryl methyl sites for hydroxylation is 1. The van der Waals surface area contributed by atoms with Crippen LogP contribution < -0.4 is 0 Å². The Morgan fingerprint density at radius 3 is 2.50 bits per heavy atom. The number of sulfone groups is 1. The number of hydrogen-bond donors (Lipinski definition) is 1. The molecule has 4 nitrogen and oxygen atoms in total. The van der Waals surface area contributed by atoms with E-state index in [-0.39, 0.29) is 16.2 Å². The van der Waals surface area contributed by atoms with Crippen molar-refractivity contribution in [3.8, 4) is 0 Å². The molecule has 0 amide bonds. The number of benzene rings is 1. The zero-order chi connectivity index (χ0) is 13.8. The van der Waals surface area contributed by atoms with E-state index in [1.807, 2.05) is 6.92 Å². The first kappa shape index (κ1) is 14.7. The molecule has 0 bridgehead atoms. The summed E-state index contributed by atoms with van der Waals surface area (Å²) in [6.07, 6.45) is 2.41. The molecule has 0 fully saturated rings. The van der Waals surface area contributed by atoms with Gasteiger partial charge in [-0.05, 0) is 31.0 Å². The van der Waals surface area contributed by atoms with E-state index in [4.69, 9.17) is 5.11 Å². The number of aromatic carboxylic acids is 1. The Bertz CT molecular complexity index is 532. The Kier molecular flexibility index (Phi) is 4.90. The molecule has 0 aliphatic rings. The normalized spacial score (nSPS) is 11.4. The zero-order valence-electron chi connectivity index (χ0n) is 10.6. The van der Waals surface area contributed by atoms with Gasteiger partial charge in [-0.2, -0.15) is 0 Å². The fraction of sp³-hybridized carbons (Fsp3) is 0.462. The van der Waals surface area contributed by atoms with E-state index >= 15 is 0 Å². The fourth-order valence-electron chi connectivity index (χ4n) is 1.68. The number of carbonyl (C=O) groups is 1. The van der Waals surface area contributed by atoms with Crippen LogP contribution in [0.25, 0.3) is 0 Å². The molecule has 100 valence electrons. The van der Waals surface area contributed by atoms with Gasteiger partial charge in [0.05, 0.1) is 16.2 Å². The van der Waals surface area contributed by atoms with E-state index in [1.165, 1.54) is 18.2 Å². The minimum atomic E-state index is -3.37. The van der Waals surface area contributed by atoms with Gasteiger partial charge >= 0.3 is 5.97 Å². The number of carboxylic acid groups (broad SMARTS) is 1. The lowest BCUT2D eigenvalue weighted by Crippen LogP contribution is -2.09. The maximum Gasteiger partial charge on any atom is 0.335 e. The second-order valence-corrected chi connectivity index (χ2v) is 6.42. The molecule has 0 aromatic heterocycles. The number of rotatable bonds is 6. The number of carboxylic acids is 1. The van der Waals surface area contributed by atoms with Crippen LogP contribution in [0.1, 0.15) is 42.1 Å². The summed E-state index contributed by atoms with van der Waals surface area (Å²) in [6, 6.07) is 4.26. The summed E-state index contributed by atoms with van der Waals surface area (Å²) in [6.45, 7) is 3.65. The van der Waals surface area contributed by atoms with Crippen molar-refractivity contribution >= 4 is 15.8 Å². The molecular formula is C13H18O4S. The van der Waals surface area contributed by atoms with Crippen LogP contribution in [0.15, 0.2) is 23.1 Å². The monoisotopic (exact) mass is 270 g/mol. The summed E-state index contributed by atoms with van der Waals surface area (Å²) in [5.74, 6) is -1.03. The van der Waals surface area contributed by atoms with Crippen molar-refractivity contribution in [2.75, 3.05) is 5.75 Å². The van der Waals surface area contributed by atoms with Gasteiger partial charge in [-0.1, -0.05) is 25.8 Å². The van der Waals surface area contributed by atoms with Crippen molar-refractivity contribution in [3.63, 3.8) is 0 Å². The highest BCUT2D eigenvalue weighted by molar-refractivity contribution is 7.91. The molecule has 0 atom stereocenters. The predicted octanol–water partition coefficient (Wildman–Crippen LogP) is 2.66. The van der Waals surface area contributed by atoms with Gasteiger partial charge in [0.2, 0.25) is 0 Å². The molecule has 1 rings (SSSR count). The Morgan fingerprint density at radius 1 is 1.28 bits per heavy atom. The van der Waals surface area contributed by atoms with Gasteiger partial charge in [-0.25, -0.2) is 13.2 Å². The van der Waals surface area contributed by atoms with E-state index in [0.29, 0.717) is 12.0 Å². The van der Waals surface area contributed by atoms with E-state index < -0.39 is 15.8 Å². The highest BCUT2D eigenvalue weighted by Gasteiger charge is 2.17. The largest absolute Gasteiger partial charge is 0.478 e. The average molecular weight is 270 g/mol. The van der Waals surface area contributed by atoms with Crippen LogP contribution in [0.5, 0.6) is 0 Å². The Morgan fingerprint density at radius 2 is 1.94 bits per heavy atom. The van der Waals surface area contributed by atoms with E-state index in [0.717, 1.165) is 12.8 Å². The van der Waals surface area contributed by atoms with E-state index in [9.17, 15) is 13.2 Å². The molecule has 18 heavy (non-hydrogen) atoms. The van der Waals surface area contributed by atoms with Gasteiger partial charge in [-0.15, -0.1) is 0 Å². The summed E-state index contributed by atoms with van der Waals surface area (Å²) in [5, 5.41) is 8.98.